The molecule has 1 heterocycles. The number of carbonyl (C=O) groups is 1. The molecule has 4 nitrogen and oxygen atoms in total. The Kier molecular flexibility index (Phi) is 3.07. The van der Waals surface area contributed by atoms with E-state index in [2.05, 4.69) is 30.7 Å². The fourth-order valence-electron chi connectivity index (χ4n) is 3.95. The highest BCUT2D eigenvalue weighted by Gasteiger charge is 2.57. The van der Waals surface area contributed by atoms with Crippen molar-refractivity contribution in [3.05, 3.63) is 23.8 Å². The summed E-state index contributed by atoms with van der Waals surface area (Å²) in [6.45, 7) is 8.74. The fourth-order valence-corrected chi connectivity index (χ4v) is 3.95. The molecule has 0 N–H and O–H groups in total. The van der Waals surface area contributed by atoms with Crippen molar-refractivity contribution in [1.29, 1.82) is 0 Å². The van der Waals surface area contributed by atoms with Gasteiger partial charge in [-0.2, -0.15) is 0 Å². The van der Waals surface area contributed by atoms with Gasteiger partial charge >= 0.3 is 5.97 Å². The van der Waals surface area contributed by atoms with E-state index in [-0.39, 0.29) is 12.1 Å². The Balaban J connectivity index is 1.67. The van der Waals surface area contributed by atoms with Crippen molar-refractivity contribution in [2.75, 3.05) is 0 Å². The molecule has 3 aliphatic rings. The van der Waals surface area contributed by atoms with Gasteiger partial charge in [0.1, 0.15) is 6.10 Å². The summed E-state index contributed by atoms with van der Waals surface area (Å²) in [5.74, 6) is 1.44. The second-order valence-corrected chi connectivity index (χ2v) is 6.94. The van der Waals surface area contributed by atoms with Crippen LogP contribution in [-0.4, -0.2) is 22.0 Å². The number of aryl methyl sites for hydroxylation is 1. The standard InChI is InChI=1S/C16H22N2O2/c1-9-7-18-13(8-17-9)15(19)20-14-6-11-5-12(10(14)2)16(11,3)4/h7-8,10-12,14H,5-6H2,1-4H3/t10-,11-,12+,14+/m1/s1. The molecule has 0 saturated heterocycles. The highest BCUT2D eigenvalue weighted by atomic mass is 16.5. The number of nitrogens with zero attached hydrogens (tertiary/aromatic N) is 2. The monoisotopic (exact) mass is 274 g/mol. The minimum atomic E-state index is -0.339. The van der Waals surface area contributed by atoms with Crippen LogP contribution in [-0.2, 0) is 4.74 Å². The number of ether oxygens (including phenoxy) is 1. The second kappa shape index (κ2) is 4.54. The van der Waals surface area contributed by atoms with E-state index in [1.54, 1.807) is 6.20 Å². The third-order valence-corrected chi connectivity index (χ3v) is 5.53. The first-order valence-electron chi connectivity index (χ1n) is 7.39. The van der Waals surface area contributed by atoms with Crippen LogP contribution >= 0.6 is 0 Å². The molecule has 20 heavy (non-hydrogen) atoms. The van der Waals surface area contributed by atoms with E-state index in [0.717, 1.165) is 12.1 Å². The van der Waals surface area contributed by atoms with Crippen LogP contribution in [0.2, 0.25) is 0 Å². The molecule has 2 bridgehead atoms. The molecule has 4 atom stereocenters. The van der Waals surface area contributed by atoms with Crippen molar-refractivity contribution in [2.24, 2.45) is 23.2 Å². The molecule has 3 fully saturated rings. The van der Waals surface area contributed by atoms with Gasteiger partial charge in [0, 0.05) is 6.20 Å². The number of carbonyl (C=O) groups excluding carboxylic acids is 1. The Morgan fingerprint density at radius 2 is 2.05 bits per heavy atom. The molecule has 0 radical (unpaired) electrons. The van der Waals surface area contributed by atoms with Crippen LogP contribution in [0.4, 0.5) is 0 Å². The van der Waals surface area contributed by atoms with E-state index in [1.807, 2.05) is 6.92 Å². The van der Waals surface area contributed by atoms with Crippen LogP contribution in [0.1, 0.15) is 49.8 Å². The van der Waals surface area contributed by atoms with Crippen molar-refractivity contribution >= 4 is 5.97 Å². The van der Waals surface area contributed by atoms with Crippen molar-refractivity contribution in [1.82, 2.24) is 9.97 Å². The van der Waals surface area contributed by atoms with Gasteiger partial charge in [-0.05, 0) is 42.9 Å². The van der Waals surface area contributed by atoms with Crippen LogP contribution in [0, 0.1) is 30.1 Å². The SMILES string of the molecule is Cc1cnc(C(=O)O[C@H]2C[C@H]3C[C@@H]([C@H]2C)C3(C)C)cn1. The summed E-state index contributed by atoms with van der Waals surface area (Å²) in [6, 6.07) is 0. The van der Waals surface area contributed by atoms with Gasteiger partial charge in [-0.15, -0.1) is 0 Å². The Bertz CT molecular complexity index is 524. The molecule has 0 aromatic carbocycles. The average molecular weight is 274 g/mol. The number of esters is 1. The maximum atomic E-state index is 12.1. The first-order valence-corrected chi connectivity index (χ1v) is 7.39. The van der Waals surface area contributed by atoms with E-state index >= 15 is 0 Å². The molecule has 0 amide bonds. The summed E-state index contributed by atoms with van der Waals surface area (Å²) in [5, 5.41) is 0. The summed E-state index contributed by atoms with van der Waals surface area (Å²) >= 11 is 0. The molecule has 3 aliphatic carbocycles. The summed E-state index contributed by atoms with van der Waals surface area (Å²) in [4.78, 5) is 20.3. The van der Waals surface area contributed by atoms with Crippen molar-refractivity contribution < 1.29 is 9.53 Å². The molecule has 1 aromatic rings. The summed E-state index contributed by atoms with van der Waals surface area (Å²) in [7, 11) is 0. The lowest BCUT2D eigenvalue weighted by molar-refractivity contribution is -0.156. The van der Waals surface area contributed by atoms with Crippen molar-refractivity contribution in [3.63, 3.8) is 0 Å². The molecular weight excluding hydrogens is 252 g/mol. The smallest absolute Gasteiger partial charge is 0.358 e. The normalized spacial score (nSPS) is 34.2. The van der Waals surface area contributed by atoms with Gasteiger partial charge in [0.2, 0.25) is 0 Å². The molecule has 1 aromatic heterocycles. The number of hydrogen-bond donors (Lipinski definition) is 0. The summed E-state index contributed by atoms with van der Waals surface area (Å²) in [6.07, 6.45) is 5.39. The molecular formula is C16H22N2O2. The van der Waals surface area contributed by atoms with E-state index in [9.17, 15) is 4.79 Å². The maximum Gasteiger partial charge on any atom is 0.358 e. The van der Waals surface area contributed by atoms with Crippen LogP contribution < -0.4 is 0 Å². The van der Waals surface area contributed by atoms with Crippen molar-refractivity contribution in [2.45, 2.75) is 46.6 Å². The third-order valence-electron chi connectivity index (χ3n) is 5.53. The van der Waals surface area contributed by atoms with Crippen LogP contribution in [0.15, 0.2) is 12.4 Å². The van der Waals surface area contributed by atoms with Gasteiger partial charge in [-0.25, -0.2) is 9.78 Å². The molecule has 0 spiro atoms. The van der Waals surface area contributed by atoms with E-state index < -0.39 is 0 Å². The van der Waals surface area contributed by atoms with Gasteiger partial charge in [0.05, 0.1) is 11.9 Å². The Morgan fingerprint density at radius 1 is 1.30 bits per heavy atom. The largest absolute Gasteiger partial charge is 0.457 e. The minimum absolute atomic E-state index is 0.0300. The van der Waals surface area contributed by atoms with Gasteiger partial charge in [0.25, 0.3) is 0 Å². The quantitative estimate of drug-likeness (QED) is 0.778. The zero-order valence-corrected chi connectivity index (χ0v) is 12.6. The molecule has 4 rings (SSSR count). The van der Waals surface area contributed by atoms with Crippen LogP contribution in [0.3, 0.4) is 0 Å². The summed E-state index contributed by atoms with van der Waals surface area (Å²) in [5.41, 5.74) is 1.52. The van der Waals surface area contributed by atoms with Gasteiger partial charge < -0.3 is 4.74 Å². The van der Waals surface area contributed by atoms with E-state index in [4.69, 9.17) is 4.74 Å². The number of fused-ring (bicyclic) bond motifs is 2. The molecule has 4 heteroatoms. The highest BCUT2D eigenvalue weighted by molar-refractivity contribution is 5.86. The summed E-state index contributed by atoms with van der Waals surface area (Å²) < 4.78 is 5.68. The van der Waals surface area contributed by atoms with Gasteiger partial charge in [0.15, 0.2) is 5.69 Å². The predicted octanol–water partition coefficient (Wildman–Crippen LogP) is 3.01. The van der Waals surface area contributed by atoms with E-state index in [1.165, 1.54) is 12.6 Å². The minimum Gasteiger partial charge on any atom is -0.457 e. The zero-order chi connectivity index (χ0) is 14.5. The van der Waals surface area contributed by atoms with Crippen LogP contribution in [0.25, 0.3) is 0 Å². The van der Waals surface area contributed by atoms with Gasteiger partial charge in [-0.1, -0.05) is 20.8 Å². The molecule has 0 unspecified atom stereocenters. The lowest BCUT2D eigenvalue weighted by atomic mass is 9.45. The first kappa shape index (κ1) is 13.5. The predicted molar refractivity (Wildman–Crippen MR) is 75.1 cm³/mol. The average Bonchev–Trinajstić information content (AvgIpc) is 2.41. The maximum absolute atomic E-state index is 12.1. The van der Waals surface area contributed by atoms with E-state index in [0.29, 0.717) is 28.9 Å². The Labute approximate surface area is 120 Å². The fraction of sp³-hybridized carbons (Fsp3) is 0.688. The van der Waals surface area contributed by atoms with Crippen molar-refractivity contribution in [3.8, 4) is 0 Å². The lowest BCUT2D eigenvalue weighted by Gasteiger charge is -2.61. The molecule has 108 valence electrons. The Hall–Kier alpha value is -1.45. The third kappa shape index (κ3) is 2.02. The first-order chi connectivity index (χ1) is 9.39. The number of aromatic nitrogens is 2. The highest BCUT2D eigenvalue weighted by Crippen LogP contribution is 2.61. The Morgan fingerprint density at radius 3 is 2.60 bits per heavy atom. The van der Waals surface area contributed by atoms with Gasteiger partial charge in [-0.3, -0.25) is 4.98 Å². The number of rotatable bonds is 2. The lowest BCUT2D eigenvalue weighted by Crippen LogP contribution is -2.57. The molecule has 3 saturated carbocycles. The molecule has 0 aliphatic heterocycles. The topological polar surface area (TPSA) is 52.1 Å². The number of hydrogen-bond acceptors (Lipinski definition) is 4. The van der Waals surface area contributed by atoms with Crippen LogP contribution in [0.5, 0.6) is 0 Å². The zero-order valence-electron chi connectivity index (χ0n) is 12.6. The second-order valence-electron chi connectivity index (χ2n) is 6.94.